The molecule has 0 saturated heterocycles. The van der Waals surface area contributed by atoms with E-state index in [0.717, 1.165) is 17.7 Å². The molecule has 6 heteroatoms. The molecule has 0 spiro atoms. The number of nitrogens with one attached hydrogen (secondary N) is 1. The lowest BCUT2D eigenvalue weighted by molar-refractivity contribution is -0.123. The zero-order chi connectivity index (χ0) is 20.7. The van der Waals surface area contributed by atoms with Crippen LogP contribution in [0.3, 0.4) is 0 Å². The highest BCUT2D eigenvalue weighted by Crippen LogP contribution is 2.27. The molecule has 0 unspecified atom stereocenters. The summed E-state index contributed by atoms with van der Waals surface area (Å²) in [4.78, 5) is 25.1. The topological polar surface area (TPSA) is 73.9 Å². The third-order valence-electron chi connectivity index (χ3n) is 4.64. The molecule has 0 fully saturated rings. The van der Waals surface area contributed by atoms with Gasteiger partial charge in [-0.05, 0) is 49.1 Å². The number of amides is 1. The van der Waals surface area contributed by atoms with E-state index in [9.17, 15) is 9.59 Å². The average Bonchev–Trinajstić information content (AvgIpc) is 2.72. The number of hydrogen-bond acceptors (Lipinski definition) is 5. The van der Waals surface area contributed by atoms with E-state index in [2.05, 4.69) is 19.2 Å². The first-order chi connectivity index (χ1) is 13.4. The Bertz CT molecular complexity index is 833. The number of carbonyl (C=O) groups excluding carboxylic acids is 2. The van der Waals surface area contributed by atoms with E-state index in [0.29, 0.717) is 17.4 Å². The van der Waals surface area contributed by atoms with Crippen LogP contribution in [0, 0.1) is 0 Å². The highest BCUT2D eigenvalue weighted by Gasteiger charge is 2.23. The summed E-state index contributed by atoms with van der Waals surface area (Å²) in [6.07, 6.45) is -0.0269. The Hall–Kier alpha value is -3.02. The SMILES string of the molecule is CC[C@H](C)c1ccccc1NC(=O)[C@@H](C)OC(=O)c1cc(OC)ccc1OC. The van der Waals surface area contributed by atoms with Crippen LogP contribution in [-0.2, 0) is 9.53 Å². The number of ether oxygens (including phenoxy) is 3. The van der Waals surface area contributed by atoms with Gasteiger partial charge in [0.2, 0.25) is 0 Å². The zero-order valence-electron chi connectivity index (χ0n) is 16.9. The van der Waals surface area contributed by atoms with Crippen molar-refractivity contribution in [2.45, 2.75) is 39.2 Å². The third kappa shape index (κ3) is 5.03. The molecule has 1 N–H and O–H groups in total. The van der Waals surface area contributed by atoms with E-state index < -0.39 is 18.0 Å². The van der Waals surface area contributed by atoms with Gasteiger partial charge in [0, 0.05) is 5.69 Å². The lowest BCUT2D eigenvalue weighted by atomic mass is 9.97. The lowest BCUT2D eigenvalue weighted by Crippen LogP contribution is -2.30. The minimum atomic E-state index is -0.978. The Morgan fingerprint density at radius 2 is 1.75 bits per heavy atom. The standard InChI is InChI=1S/C22H27NO5/c1-6-14(2)17-9-7-8-10-19(17)23-21(24)15(3)28-22(25)18-13-16(26-4)11-12-20(18)27-5/h7-15H,6H2,1-5H3,(H,23,24)/t14-,15+/m0/s1. The first kappa shape index (κ1) is 21.3. The van der Waals surface area contributed by atoms with Gasteiger partial charge in [0.1, 0.15) is 17.1 Å². The molecule has 0 heterocycles. The molecule has 2 rings (SSSR count). The van der Waals surface area contributed by atoms with Crippen molar-refractivity contribution in [1.82, 2.24) is 0 Å². The molecule has 2 aromatic carbocycles. The summed E-state index contributed by atoms with van der Waals surface area (Å²) in [5.41, 5.74) is 1.97. The Balaban J connectivity index is 2.12. The maximum Gasteiger partial charge on any atom is 0.342 e. The molecule has 2 atom stereocenters. The fourth-order valence-electron chi connectivity index (χ4n) is 2.75. The fraction of sp³-hybridized carbons (Fsp3) is 0.364. The van der Waals surface area contributed by atoms with Crippen molar-refractivity contribution in [1.29, 1.82) is 0 Å². The number of para-hydroxylation sites is 1. The number of methoxy groups -OCH3 is 2. The first-order valence-corrected chi connectivity index (χ1v) is 9.24. The van der Waals surface area contributed by atoms with Crippen LogP contribution in [0.1, 0.15) is 49.0 Å². The number of anilines is 1. The van der Waals surface area contributed by atoms with Crippen molar-refractivity contribution < 1.29 is 23.8 Å². The molecule has 0 aromatic heterocycles. The van der Waals surface area contributed by atoms with Crippen molar-refractivity contribution in [3.05, 3.63) is 53.6 Å². The second kappa shape index (κ2) is 9.78. The van der Waals surface area contributed by atoms with Gasteiger partial charge in [-0.1, -0.05) is 32.0 Å². The zero-order valence-corrected chi connectivity index (χ0v) is 16.9. The molecule has 150 valence electrons. The van der Waals surface area contributed by atoms with Crippen LogP contribution >= 0.6 is 0 Å². The van der Waals surface area contributed by atoms with Crippen LogP contribution in [0.2, 0.25) is 0 Å². The van der Waals surface area contributed by atoms with Crippen molar-refractivity contribution in [3.8, 4) is 11.5 Å². The Morgan fingerprint density at radius 3 is 2.39 bits per heavy atom. The number of esters is 1. The summed E-state index contributed by atoms with van der Waals surface area (Å²) in [6, 6.07) is 12.4. The number of rotatable bonds is 8. The maximum atomic E-state index is 12.6. The summed E-state index contributed by atoms with van der Waals surface area (Å²) in [7, 11) is 2.96. The molecule has 28 heavy (non-hydrogen) atoms. The molecule has 1 amide bonds. The van der Waals surface area contributed by atoms with Crippen LogP contribution < -0.4 is 14.8 Å². The summed E-state index contributed by atoms with van der Waals surface area (Å²) in [6.45, 7) is 5.73. The minimum Gasteiger partial charge on any atom is -0.497 e. The Morgan fingerprint density at radius 1 is 1.04 bits per heavy atom. The third-order valence-corrected chi connectivity index (χ3v) is 4.64. The monoisotopic (exact) mass is 385 g/mol. The fourth-order valence-corrected chi connectivity index (χ4v) is 2.75. The second-order valence-electron chi connectivity index (χ2n) is 6.50. The van der Waals surface area contributed by atoms with Gasteiger partial charge >= 0.3 is 5.97 Å². The van der Waals surface area contributed by atoms with Gasteiger partial charge < -0.3 is 19.5 Å². The molecule has 0 aliphatic rings. The van der Waals surface area contributed by atoms with Gasteiger partial charge in [0.15, 0.2) is 6.10 Å². The molecule has 0 aliphatic carbocycles. The largest absolute Gasteiger partial charge is 0.497 e. The van der Waals surface area contributed by atoms with Gasteiger partial charge in [-0.15, -0.1) is 0 Å². The van der Waals surface area contributed by atoms with E-state index in [-0.39, 0.29) is 5.56 Å². The second-order valence-corrected chi connectivity index (χ2v) is 6.50. The molecule has 0 bridgehead atoms. The first-order valence-electron chi connectivity index (χ1n) is 9.24. The van der Waals surface area contributed by atoms with Crippen molar-refractivity contribution in [3.63, 3.8) is 0 Å². The van der Waals surface area contributed by atoms with Crippen LogP contribution in [0.15, 0.2) is 42.5 Å². The van der Waals surface area contributed by atoms with E-state index in [1.165, 1.54) is 27.2 Å². The van der Waals surface area contributed by atoms with Crippen molar-refractivity contribution in [2.24, 2.45) is 0 Å². The van der Waals surface area contributed by atoms with Gasteiger partial charge in [-0.2, -0.15) is 0 Å². The summed E-state index contributed by atoms with van der Waals surface area (Å²) in [5, 5.41) is 2.86. The van der Waals surface area contributed by atoms with Crippen LogP contribution in [0.4, 0.5) is 5.69 Å². The smallest absolute Gasteiger partial charge is 0.342 e. The highest BCUT2D eigenvalue weighted by atomic mass is 16.5. The Labute approximate surface area is 165 Å². The molecular formula is C22H27NO5. The maximum absolute atomic E-state index is 12.6. The average molecular weight is 385 g/mol. The molecule has 6 nitrogen and oxygen atoms in total. The van der Waals surface area contributed by atoms with Gasteiger partial charge in [-0.25, -0.2) is 4.79 Å². The highest BCUT2D eigenvalue weighted by molar-refractivity contribution is 5.98. The quantitative estimate of drug-likeness (QED) is 0.682. The molecule has 0 aliphatic heterocycles. The van der Waals surface area contributed by atoms with Crippen LogP contribution in [-0.4, -0.2) is 32.2 Å². The summed E-state index contributed by atoms with van der Waals surface area (Å²) in [5.74, 6) is 0.0860. The lowest BCUT2D eigenvalue weighted by Gasteiger charge is -2.18. The van der Waals surface area contributed by atoms with E-state index >= 15 is 0 Å². The molecule has 0 radical (unpaired) electrons. The number of benzene rings is 2. The van der Waals surface area contributed by atoms with E-state index in [4.69, 9.17) is 14.2 Å². The number of hydrogen-bond donors (Lipinski definition) is 1. The number of carbonyl (C=O) groups is 2. The molecular weight excluding hydrogens is 358 g/mol. The predicted octanol–water partition coefficient (Wildman–Crippen LogP) is 4.40. The van der Waals surface area contributed by atoms with Crippen LogP contribution in [0.25, 0.3) is 0 Å². The van der Waals surface area contributed by atoms with Gasteiger partial charge in [-0.3, -0.25) is 4.79 Å². The van der Waals surface area contributed by atoms with E-state index in [1.807, 2.05) is 24.3 Å². The van der Waals surface area contributed by atoms with Crippen molar-refractivity contribution >= 4 is 17.6 Å². The van der Waals surface area contributed by atoms with E-state index in [1.54, 1.807) is 12.1 Å². The van der Waals surface area contributed by atoms with Gasteiger partial charge in [0.25, 0.3) is 5.91 Å². The van der Waals surface area contributed by atoms with Crippen LogP contribution in [0.5, 0.6) is 11.5 Å². The normalized spacial score (nSPS) is 12.6. The minimum absolute atomic E-state index is 0.196. The molecule has 0 saturated carbocycles. The summed E-state index contributed by atoms with van der Waals surface area (Å²) < 4.78 is 15.7. The van der Waals surface area contributed by atoms with Gasteiger partial charge in [0.05, 0.1) is 14.2 Å². The predicted molar refractivity (Wildman–Crippen MR) is 108 cm³/mol. The van der Waals surface area contributed by atoms with Crippen molar-refractivity contribution in [2.75, 3.05) is 19.5 Å². The Kier molecular flexibility index (Phi) is 7.44. The molecule has 2 aromatic rings. The summed E-state index contributed by atoms with van der Waals surface area (Å²) >= 11 is 0.